The zero-order chi connectivity index (χ0) is 26.5. The van der Waals surface area contributed by atoms with Crippen molar-refractivity contribution in [3.8, 4) is 11.3 Å². The first-order valence-electron chi connectivity index (χ1n) is 11.3. The Bertz CT molecular complexity index is 1620. The van der Waals surface area contributed by atoms with E-state index < -0.39 is 15.3 Å². The van der Waals surface area contributed by atoms with Gasteiger partial charge < -0.3 is 5.32 Å². The third-order valence-electron chi connectivity index (χ3n) is 5.34. The van der Waals surface area contributed by atoms with Gasteiger partial charge in [0.05, 0.1) is 5.69 Å². The van der Waals surface area contributed by atoms with Crippen LogP contribution in [0.25, 0.3) is 11.3 Å². The molecule has 2 heterocycles. The molecule has 3 aromatic carbocycles. The van der Waals surface area contributed by atoms with E-state index >= 15 is 0 Å². The van der Waals surface area contributed by atoms with Crippen LogP contribution in [0.2, 0.25) is 0 Å². The normalized spacial score (nSPS) is 12.1. The van der Waals surface area contributed by atoms with Gasteiger partial charge in [0.15, 0.2) is 5.13 Å². The molecular formula is C27H20BrN3O3S4. The second-order valence-electron chi connectivity index (χ2n) is 8.00. The molecule has 0 saturated heterocycles. The second-order valence-corrected chi connectivity index (χ2v) is 13.8. The van der Waals surface area contributed by atoms with Crippen LogP contribution in [0.3, 0.4) is 0 Å². The first-order valence-corrected chi connectivity index (χ1v) is 16.2. The predicted molar refractivity (Wildman–Crippen MR) is 160 cm³/mol. The molecule has 0 bridgehead atoms. The maximum atomic E-state index is 13.4. The van der Waals surface area contributed by atoms with Crippen molar-refractivity contribution in [2.75, 3.05) is 10.0 Å². The quantitative estimate of drug-likeness (QED) is 0.160. The molecule has 38 heavy (non-hydrogen) atoms. The summed E-state index contributed by atoms with van der Waals surface area (Å²) in [4.78, 5) is 18.9. The van der Waals surface area contributed by atoms with E-state index in [4.69, 9.17) is 0 Å². The van der Waals surface area contributed by atoms with Crippen LogP contribution in [0.5, 0.6) is 0 Å². The Kier molecular flexibility index (Phi) is 8.29. The average Bonchev–Trinajstić information content (AvgIpc) is 3.62. The summed E-state index contributed by atoms with van der Waals surface area (Å²) in [7, 11) is -3.63. The molecule has 0 saturated carbocycles. The molecule has 0 spiro atoms. The number of nitrogens with zero attached hydrogens (tertiary/aromatic N) is 1. The van der Waals surface area contributed by atoms with Gasteiger partial charge in [0.1, 0.15) is 9.46 Å². The van der Waals surface area contributed by atoms with E-state index in [1.807, 2.05) is 60.0 Å². The molecule has 5 rings (SSSR count). The lowest BCUT2D eigenvalue weighted by molar-refractivity contribution is -0.115. The largest absolute Gasteiger partial charge is 0.301 e. The second kappa shape index (κ2) is 11.8. The van der Waals surface area contributed by atoms with Gasteiger partial charge in [-0.25, -0.2) is 13.4 Å². The summed E-state index contributed by atoms with van der Waals surface area (Å²) in [6.07, 6.45) is 0. The predicted octanol–water partition coefficient (Wildman–Crippen LogP) is 7.91. The first kappa shape index (κ1) is 26.6. The smallest absolute Gasteiger partial charge is 0.271 e. The molecule has 0 fully saturated rings. The monoisotopic (exact) mass is 641 g/mol. The molecule has 1 unspecified atom stereocenters. The number of carbonyl (C=O) groups excluding carboxylic acids is 1. The number of anilines is 2. The lowest BCUT2D eigenvalue weighted by Gasteiger charge is -2.16. The molecule has 0 aliphatic carbocycles. The van der Waals surface area contributed by atoms with Crippen molar-refractivity contribution in [3.05, 3.63) is 112 Å². The van der Waals surface area contributed by atoms with Gasteiger partial charge in [-0.3, -0.25) is 9.52 Å². The summed E-state index contributed by atoms with van der Waals surface area (Å²) in [5.41, 5.74) is 3.06. The number of benzene rings is 3. The summed E-state index contributed by atoms with van der Waals surface area (Å²) in [5.74, 6) is -0.194. The fourth-order valence-corrected chi connectivity index (χ4v) is 7.58. The fraction of sp³-hybridized carbons (Fsp3) is 0.0370. The summed E-state index contributed by atoms with van der Waals surface area (Å²) in [6.45, 7) is 0. The fourth-order valence-electron chi connectivity index (χ4n) is 3.52. The lowest BCUT2D eigenvalue weighted by Crippen LogP contribution is -2.19. The number of carbonyl (C=O) groups is 1. The van der Waals surface area contributed by atoms with Crippen LogP contribution in [-0.4, -0.2) is 19.3 Å². The highest BCUT2D eigenvalue weighted by Crippen LogP contribution is 2.37. The van der Waals surface area contributed by atoms with Gasteiger partial charge in [-0.05, 0) is 53.4 Å². The van der Waals surface area contributed by atoms with Gasteiger partial charge in [0.25, 0.3) is 10.0 Å². The van der Waals surface area contributed by atoms with Crippen molar-refractivity contribution >= 4 is 77.1 Å². The van der Waals surface area contributed by atoms with E-state index in [0.717, 1.165) is 37.5 Å². The molecule has 1 atom stereocenters. The standard InChI is InChI=1S/C27H20BrN3O3S4/c28-20-10-8-18(9-11-20)23-17-36-27(29-23)30-26(32)25(19-5-2-1-3-6-19)37-22-14-12-21(13-15-22)31-38(33,34)24-7-4-16-35-24/h1-17,25,31H,(H,29,30,32). The van der Waals surface area contributed by atoms with Crippen molar-refractivity contribution in [3.63, 3.8) is 0 Å². The number of amides is 1. The van der Waals surface area contributed by atoms with Crippen LogP contribution in [0, 0.1) is 0 Å². The Morgan fingerprint density at radius 2 is 1.63 bits per heavy atom. The van der Waals surface area contributed by atoms with Gasteiger partial charge in [-0.2, -0.15) is 0 Å². The SMILES string of the molecule is O=C(Nc1nc(-c2ccc(Br)cc2)cs1)C(Sc1ccc(NS(=O)(=O)c2cccs2)cc1)c1ccccc1. The third-order valence-corrected chi connectivity index (χ3v) is 10.7. The van der Waals surface area contributed by atoms with Crippen LogP contribution >= 0.6 is 50.4 Å². The Morgan fingerprint density at radius 1 is 0.895 bits per heavy atom. The van der Waals surface area contributed by atoms with Gasteiger partial charge in [-0.1, -0.05) is 64.5 Å². The van der Waals surface area contributed by atoms with E-state index in [9.17, 15) is 13.2 Å². The number of thiophene rings is 1. The molecular weight excluding hydrogens is 622 g/mol. The van der Waals surface area contributed by atoms with Crippen LogP contribution in [0.4, 0.5) is 10.8 Å². The molecule has 1 amide bonds. The topological polar surface area (TPSA) is 88.2 Å². The third kappa shape index (κ3) is 6.54. The highest BCUT2D eigenvalue weighted by Gasteiger charge is 2.23. The van der Waals surface area contributed by atoms with E-state index in [1.54, 1.807) is 41.8 Å². The van der Waals surface area contributed by atoms with Gasteiger partial charge >= 0.3 is 0 Å². The summed E-state index contributed by atoms with van der Waals surface area (Å²) < 4.78 is 28.9. The molecule has 6 nitrogen and oxygen atoms in total. The number of thioether (sulfide) groups is 1. The van der Waals surface area contributed by atoms with Crippen LogP contribution in [-0.2, 0) is 14.8 Å². The van der Waals surface area contributed by atoms with Crippen molar-refractivity contribution in [1.82, 2.24) is 4.98 Å². The maximum absolute atomic E-state index is 13.4. The van der Waals surface area contributed by atoms with Crippen molar-refractivity contribution in [2.45, 2.75) is 14.4 Å². The van der Waals surface area contributed by atoms with Gasteiger partial charge in [0.2, 0.25) is 5.91 Å². The van der Waals surface area contributed by atoms with E-state index in [2.05, 4.69) is 31.0 Å². The zero-order valence-corrected chi connectivity index (χ0v) is 24.4. The highest BCUT2D eigenvalue weighted by molar-refractivity contribution is 9.10. The maximum Gasteiger partial charge on any atom is 0.271 e. The number of rotatable bonds is 9. The van der Waals surface area contributed by atoms with E-state index in [1.165, 1.54) is 23.1 Å². The molecule has 0 aliphatic rings. The van der Waals surface area contributed by atoms with Crippen molar-refractivity contribution in [1.29, 1.82) is 0 Å². The number of hydrogen-bond donors (Lipinski definition) is 2. The van der Waals surface area contributed by atoms with Crippen molar-refractivity contribution in [2.24, 2.45) is 0 Å². The van der Waals surface area contributed by atoms with Gasteiger partial charge in [0, 0.05) is 26.0 Å². The molecule has 11 heteroatoms. The molecule has 2 aromatic heterocycles. The first-order chi connectivity index (χ1) is 18.4. The van der Waals surface area contributed by atoms with Gasteiger partial charge in [-0.15, -0.1) is 34.4 Å². The Morgan fingerprint density at radius 3 is 2.32 bits per heavy atom. The Hall–Kier alpha value is -2.96. The molecule has 192 valence electrons. The number of aromatic nitrogens is 1. The van der Waals surface area contributed by atoms with E-state index in [0.29, 0.717) is 10.8 Å². The Balaban J connectivity index is 1.31. The zero-order valence-electron chi connectivity index (χ0n) is 19.6. The highest BCUT2D eigenvalue weighted by atomic mass is 79.9. The number of halogens is 1. The van der Waals surface area contributed by atoms with E-state index in [-0.39, 0.29) is 10.1 Å². The molecule has 5 aromatic rings. The minimum atomic E-state index is -3.63. The Labute approximate surface area is 241 Å². The lowest BCUT2D eigenvalue weighted by atomic mass is 10.1. The van der Waals surface area contributed by atoms with Crippen LogP contribution in [0.1, 0.15) is 10.8 Å². The number of thiazole rings is 1. The molecule has 0 aliphatic heterocycles. The number of hydrogen-bond acceptors (Lipinski definition) is 7. The summed E-state index contributed by atoms with van der Waals surface area (Å²) in [5, 5.41) is 6.59. The minimum Gasteiger partial charge on any atom is -0.301 e. The summed E-state index contributed by atoms with van der Waals surface area (Å²) in [6, 6.07) is 27.6. The molecule has 2 N–H and O–H groups in total. The minimum absolute atomic E-state index is 0.194. The number of nitrogens with one attached hydrogen (secondary N) is 2. The average molecular weight is 643 g/mol. The summed E-state index contributed by atoms with van der Waals surface area (Å²) >= 11 is 7.35. The number of sulfonamides is 1. The molecule has 0 radical (unpaired) electrons. The van der Waals surface area contributed by atoms with Crippen molar-refractivity contribution < 1.29 is 13.2 Å². The van der Waals surface area contributed by atoms with Crippen LogP contribution in [0.15, 0.2) is 115 Å². The van der Waals surface area contributed by atoms with Crippen LogP contribution < -0.4 is 10.0 Å².